The summed E-state index contributed by atoms with van der Waals surface area (Å²) in [7, 11) is 1.32. The summed E-state index contributed by atoms with van der Waals surface area (Å²) < 4.78 is 10.2. The summed E-state index contributed by atoms with van der Waals surface area (Å²) in [6, 6.07) is 1.03. The fraction of sp³-hybridized carbons (Fsp3) is 0.385. The first kappa shape index (κ1) is 17.2. The van der Waals surface area contributed by atoms with Gasteiger partial charge < -0.3 is 19.9 Å². The number of carboxylic acids is 1. The van der Waals surface area contributed by atoms with Crippen molar-refractivity contribution in [3.63, 3.8) is 0 Å². The molecule has 1 unspecified atom stereocenters. The second kappa shape index (κ2) is 7.25. The van der Waals surface area contributed by atoms with Gasteiger partial charge in [0.1, 0.15) is 11.6 Å². The molecule has 1 amide bonds. The molecule has 9 nitrogen and oxygen atoms in total. The largest absolute Gasteiger partial charge is 0.493 e. The predicted molar refractivity (Wildman–Crippen MR) is 75.4 cm³/mol. The Balaban J connectivity index is 3.29. The lowest BCUT2D eigenvalue weighted by molar-refractivity contribution is -0.385. The van der Waals surface area contributed by atoms with Gasteiger partial charge in [0.25, 0.3) is 11.6 Å². The minimum atomic E-state index is -1.26. The first-order valence-corrected chi connectivity index (χ1v) is 6.34. The van der Waals surface area contributed by atoms with E-state index in [1.165, 1.54) is 14.0 Å². The SMILES string of the molecule is CCOc1cc([N+](=O)[O-])c(C(=O)NC(C)C(=O)O)cc1OC. The van der Waals surface area contributed by atoms with Gasteiger partial charge in [-0.2, -0.15) is 0 Å². The van der Waals surface area contributed by atoms with E-state index in [1.54, 1.807) is 6.92 Å². The van der Waals surface area contributed by atoms with E-state index in [1.807, 2.05) is 0 Å². The van der Waals surface area contributed by atoms with Gasteiger partial charge >= 0.3 is 5.97 Å². The van der Waals surface area contributed by atoms with Crippen LogP contribution in [-0.4, -0.2) is 41.7 Å². The second-order valence-electron chi connectivity index (χ2n) is 4.24. The summed E-state index contributed by atoms with van der Waals surface area (Å²) in [6.45, 7) is 3.20. The number of nitro benzene ring substituents is 1. The highest BCUT2D eigenvalue weighted by molar-refractivity contribution is 6.00. The van der Waals surface area contributed by atoms with E-state index in [4.69, 9.17) is 14.6 Å². The minimum absolute atomic E-state index is 0.125. The van der Waals surface area contributed by atoms with Gasteiger partial charge in [0.2, 0.25) is 0 Å². The van der Waals surface area contributed by atoms with Gasteiger partial charge in [0, 0.05) is 6.07 Å². The molecule has 0 saturated heterocycles. The van der Waals surface area contributed by atoms with Crippen LogP contribution in [0.1, 0.15) is 24.2 Å². The van der Waals surface area contributed by atoms with Gasteiger partial charge in [0.05, 0.1) is 24.7 Å². The molecule has 0 fully saturated rings. The third-order valence-electron chi connectivity index (χ3n) is 2.74. The Morgan fingerprint density at radius 2 is 2.05 bits per heavy atom. The maximum Gasteiger partial charge on any atom is 0.325 e. The molecule has 22 heavy (non-hydrogen) atoms. The Hall–Kier alpha value is -2.84. The van der Waals surface area contributed by atoms with Crippen molar-refractivity contribution in [2.45, 2.75) is 19.9 Å². The van der Waals surface area contributed by atoms with Crippen molar-refractivity contribution in [3.8, 4) is 11.5 Å². The minimum Gasteiger partial charge on any atom is -0.493 e. The van der Waals surface area contributed by atoms with Crippen molar-refractivity contribution >= 4 is 17.6 Å². The van der Waals surface area contributed by atoms with Crippen molar-refractivity contribution in [1.82, 2.24) is 5.32 Å². The number of carbonyl (C=O) groups is 2. The highest BCUT2D eigenvalue weighted by Gasteiger charge is 2.26. The lowest BCUT2D eigenvalue weighted by Crippen LogP contribution is -2.38. The van der Waals surface area contributed by atoms with Crippen LogP contribution in [0.4, 0.5) is 5.69 Å². The summed E-state index contributed by atoms with van der Waals surface area (Å²) >= 11 is 0. The number of carboxylic acid groups (broad SMARTS) is 1. The summed E-state index contributed by atoms with van der Waals surface area (Å²) in [4.78, 5) is 33.2. The number of benzene rings is 1. The summed E-state index contributed by atoms with van der Waals surface area (Å²) in [5.74, 6) is -1.88. The molecule has 120 valence electrons. The average Bonchev–Trinajstić information content (AvgIpc) is 2.46. The molecule has 0 aliphatic heterocycles. The third-order valence-corrected chi connectivity index (χ3v) is 2.74. The number of nitrogens with zero attached hydrogens (tertiary/aromatic N) is 1. The fourth-order valence-electron chi connectivity index (χ4n) is 1.65. The molecule has 1 rings (SSSR count). The Morgan fingerprint density at radius 1 is 1.41 bits per heavy atom. The van der Waals surface area contributed by atoms with Gasteiger partial charge in [-0.05, 0) is 13.8 Å². The molecule has 0 aromatic heterocycles. The number of hydrogen-bond acceptors (Lipinski definition) is 6. The average molecular weight is 312 g/mol. The van der Waals surface area contributed by atoms with Gasteiger partial charge in [0.15, 0.2) is 11.5 Å². The van der Waals surface area contributed by atoms with E-state index in [0.717, 1.165) is 12.1 Å². The molecule has 1 aromatic carbocycles. The van der Waals surface area contributed by atoms with Crippen molar-refractivity contribution < 1.29 is 29.1 Å². The van der Waals surface area contributed by atoms with E-state index in [0.29, 0.717) is 0 Å². The first-order valence-electron chi connectivity index (χ1n) is 6.34. The number of rotatable bonds is 7. The molecule has 1 atom stereocenters. The van der Waals surface area contributed by atoms with Crippen molar-refractivity contribution in [1.29, 1.82) is 0 Å². The summed E-state index contributed by atoms with van der Waals surface area (Å²) in [5.41, 5.74) is -0.808. The van der Waals surface area contributed by atoms with Crippen LogP contribution in [0.5, 0.6) is 11.5 Å². The molecule has 0 spiro atoms. The molecule has 0 saturated carbocycles. The number of carbonyl (C=O) groups excluding carboxylic acids is 1. The summed E-state index contributed by atoms with van der Waals surface area (Å²) in [5, 5.41) is 22.0. The molecule has 0 aliphatic rings. The number of nitro groups is 1. The van der Waals surface area contributed by atoms with Gasteiger partial charge in [-0.3, -0.25) is 19.7 Å². The second-order valence-corrected chi connectivity index (χ2v) is 4.24. The number of aliphatic carboxylic acids is 1. The molecule has 0 bridgehead atoms. The van der Waals surface area contributed by atoms with Crippen LogP contribution in [0.2, 0.25) is 0 Å². The Bertz CT molecular complexity index is 600. The zero-order valence-corrected chi connectivity index (χ0v) is 12.3. The molecular weight excluding hydrogens is 296 g/mol. The van der Waals surface area contributed by atoms with Crippen LogP contribution < -0.4 is 14.8 Å². The predicted octanol–water partition coefficient (Wildman–Crippen LogP) is 1.20. The van der Waals surface area contributed by atoms with Gasteiger partial charge in [-0.15, -0.1) is 0 Å². The fourth-order valence-corrected chi connectivity index (χ4v) is 1.65. The van der Waals surface area contributed by atoms with Crippen molar-refractivity contribution in [3.05, 3.63) is 27.8 Å². The van der Waals surface area contributed by atoms with Crippen molar-refractivity contribution in [2.24, 2.45) is 0 Å². The monoisotopic (exact) mass is 312 g/mol. The lowest BCUT2D eigenvalue weighted by Gasteiger charge is -2.13. The van der Waals surface area contributed by atoms with E-state index >= 15 is 0 Å². The highest BCUT2D eigenvalue weighted by Crippen LogP contribution is 2.34. The van der Waals surface area contributed by atoms with Crippen LogP contribution in [0.25, 0.3) is 0 Å². The zero-order chi connectivity index (χ0) is 16.9. The third kappa shape index (κ3) is 3.84. The van der Waals surface area contributed by atoms with Crippen LogP contribution in [0.3, 0.4) is 0 Å². The van der Waals surface area contributed by atoms with Crippen LogP contribution in [0.15, 0.2) is 12.1 Å². The Labute approximate surface area is 126 Å². The molecule has 0 aliphatic carbocycles. The molecule has 1 aromatic rings. The Kier molecular flexibility index (Phi) is 5.67. The maximum absolute atomic E-state index is 12.0. The van der Waals surface area contributed by atoms with Crippen LogP contribution >= 0.6 is 0 Å². The number of methoxy groups -OCH3 is 1. The topological polar surface area (TPSA) is 128 Å². The molecule has 9 heteroatoms. The van der Waals surface area contributed by atoms with Gasteiger partial charge in [-0.1, -0.05) is 0 Å². The number of amides is 1. The van der Waals surface area contributed by atoms with Crippen LogP contribution in [-0.2, 0) is 4.79 Å². The summed E-state index contributed by atoms with van der Waals surface area (Å²) in [6.07, 6.45) is 0. The normalized spacial score (nSPS) is 11.4. The number of nitrogens with one attached hydrogen (secondary N) is 1. The molecular formula is C13H16N2O7. The first-order chi connectivity index (χ1) is 10.3. The lowest BCUT2D eigenvalue weighted by atomic mass is 10.1. The number of hydrogen-bond donors (Lipinski definition) is 2. The van der Waals surface area contributed by atoms with E-state index in [-0.39, 0.29) is 23.7 Å². The maximum atomic E-state index is 12.0. The smallest absolute Gasteiger partial charge is 0.325 e. The van der Waals surface area contributed by atoms with E-state index in [9.17, 15) is 19.7 Å². The number of ether oxygens (including phenoxy) is 2. The zero-order valence-electron chi connectivity index (χ0n) is 12.3. The quantitative estimate of drug-likeness (QED) is 0.572. The molecule has 2 N–H and O–H groups in total. The highest BCUT2D eigenvalue weighted by atomic mass is 16.6. The standard InChI is InChI=1S/C13H16N2O7/c1-4-22-11-6-9(15(19)20)8(5-10(11)21-3)12(16)14-7(2)13(17)18/h5-7H,4H2,1-3H3,(H,14,16)(H,17,18). The molecule has 0 radical (unpaired) electrons. The van der Waals surface area contributed by atoms with Gasteiger partial charge in [-0.25, -0.2) is 0 Å². The van der Waals surface area contributed by atoms with E-state index < -0.39 is 28.5 Å². The van der Waals surface area contributed by atoms with Crippen molar-refractivity contribution in [2.75, 3.05) is 13.7 Å². The van der Waals surface area contributed by atoms with Crippen LogP contribution in [0, 0.1) is 10.1 Å². The van der Waals surface area contributed by atoms with E-state index in [2.05, 4.69) is 5.32 Å². The molecule has 0 heterocycles. The Morgan fingerprint density at radius 3 is 2.50 bits per heavy atom.